The lowest BCUT2D eigenvalue weighted by Crippen LogP contribution is -2.45. The molecule has 0 aromatic carbocycles. The van der Waals surface area contributed by atoms with E-state index in [0.717, 1.165) is 34.9 Å². The number of amides is 1. The molecular formula is C22H25N9O. The van der Waals surface area contributed by atoms with Crippen molar-refractivity contribution in [1.29, 1.82) is 0 Å². The summed E-state index contributed by atoms with van der Waals surface area (Å²) in [4.78, 5) is 24.4. The van der Waals surface area contributed by atoms with Gasteiger partial charge in [0.05, 0.1) is 24.1 Å². The van der Waals surface area contributed by atoms with E-state index in [1.807, 2.05) is 54.9 Å². The minimum atomic E-state index is 0.0103. The highest BCUT2D eigenvalue weighted by Crippen LogP contribution is 2.29. The zero-order valence-corrected chi connectivity index (χ0v) is 18.5. The van der Waals surface area contributed by atoms with Crippen LogP contribution in [0.4, 0.5) is 11.8 Å². The number of aryl methyl sites for hydroxylation is 3. The highest BCUT2D eigenvalue weighted by Gasteiger charge is 2.31. The second-order valence-electron chi connectivity index (χ2n) is 8.18. The van der Waals surface area contributed by atoms with Gasteiger partial charge in [0, 0.05) is 56.9 Å². The highest BCUT2D eigenvalue weighted by atomic mass is 16.2. The maximum atomic E-state index is 13.3. The van der Waals surface area contributed by atoms with Crippen LogP contribution in [0.25, 0.3) is 11.3 Å². The normalized spacial score (nSPS) is 15.8. The van der Waals surface area contributed by atoms with Gasteiger partial charge in [0.1, 0.15) is 11.5 Å². The average Bonchev–Trinajstić information content (AvgIpc) is 3.48. The van der Waals surface area contributed by atoms with Crippen molar-refractivity contribution in [2.45, 2.75) is 33.0 Å². The summed E-state index contributed by atoms with van der Waals surface area (Å²) in [7, 11) is 3.74. The number of hydrogen-bond acceptors (Lipinski definition) is 6. The van der Waals surface area contributed by atoms with Crippen molar-refractivity contribution in [1.82, 2.24) is 39.0 Å². The van der Waals surface area contributed by atoms with Gasteiger partial charge in [-0.2, -0.15) is 10.2 Å². The van der Waals surface area contributed by atoms with E-state index < -0.39 is 0 Å². The Labute approximate surface area is 185 Å². The summed E-state index contributed by atoms with van der Waals surface area (Å²) >= 11 is 0. The third-order valence-electron chi connectivity index (χ3n) is 5.93. The lowest BCUT2D eigenvalue weighted by Gasteiger charge is -2.34. The molecule has 1 atom stereocenters. The summed E-state index contributed by atoms with van der Waals surface area (Å²) in [5.74, 6) is 1.29. The molecule has 1 aliphatic heterocycles. The Balaban J connectivity index is 1.45. The molecule has 0 bridgehead atoms. The summed E-state index contributed by atoms with van der Waals surface area (Å²) < 4.78 is 5.55. The number of carbonyl (C=O) groups is 1. The van der Waals surface area contributed by atoms with E-state index >= 15 is 0 Å². The number of hydrogen-bond donors (Lipinski definition) is 1. The largest absolute Gasteiger partial charge is 0.341 e. The standard InChI is InChI=1S/C22H25N9O/c1-14-10-23-22(26-19-6-8-25-29(19)4)27-20(14)16-9-18-21(32)31(15(2)11-30(18)12-16)13-17-5-7-24-28(17)3/h5-10,12,15H,11,13H2,1-4H3,(H,23,26,27)/t15-/m1/s1. The fourth-order valence-electron chi connectivity index (χ4n) is 4.06. The Hall–Kier alpha value is -3.95. The Morgan fingerprint density at radius 3 is 2.66 bits per heavy atom. The van der Waals surface area contributed by atoms with Gasteiger partial charge in [-0.15, -0.1) is 0 Å². The van der Waals surface area contributed by atoms with Gasteiger partial charge in [-0.1, -0.05) is 0 Å². The molecule has 1 N–H and O–H groups in total. The van der Waals surface area contributed by atoms with Crippen molar-refractivity contribution in [2.24, 2.45) is 14.1 Å². The zero-order chi connectivity index (χ0) is 22.4. The van der Waals surface area contributed by atoms with Crippen LogP contribution in [0.5, 0.6) is 0 Å². The number of carbonyl (C=O) groups excluding carboxylic acids is 1. The summed E-state index contributed by atoms with van der Waals surface area (Å²) in [5, 5.41) is 11.6. The molecule has 0 spiro atoms. The number of nitrogens with zero attached hydrogens (tertiary/aromatic N) is 8. The number of aromatic nitrogens is 7. The molecule has 0 aliphatic carbocycles. The third-order valence-corrected chi connectivity index (χ3v) is 5.93. The van der Waals surface area contributed by atoms with Crippen LogP contribution in [0.3, 0.4) is 0 Å². The summed E-state index contributed by atoms with van der Waals surface area (Å²) in [5.41, 5.74) is 4.30. The van der Waals surface area contributed by atoms with Gasteiger partial charge < -0.3 is 14.8 Å². The smallest absolute Gasteiger partial charge is 0.271 e. The van der Waals surface area contributed by atoms with Crippen LogP contribution in [0.2, 0.25) is 0 Å². The Morgan fingerprint density at radius 1 is 1.16 bits per heavy atom. The minimum Gasteiger partial charge on any atom is -0.341 e. The predicted molar refractivity (Wildman–Crippen MR) is 119 cm³/mol. The number of anilines is 2. The average molecular weight is 432 g/mol. The molecule has 0 radical (unpaired) electrons. The predicted octanol–water partition coefficient (Wildman–Crippen LogP) is 2.51. The molecule has 164 valence electrons. The molecule has 4 aromatic heterocycles. The van der Waals surface area contributed by atoms with Crippen molar-refractivity contribution >= 4 is 17.7 Å². The van der Waals surface area contributed by atoms with E-state index in [1.54, 1.807) is 28.0 Å². The maximum absolute atomic E-state index is 13.3. The summed E-state index contributed by atoms with van der Waals surface area (Å²) in [6, 6.07) is 5.80. The molecule has 0 unspecified atom stereocenters. The van der Waals surface area contributed by atoms with Gasteiger partial charge in [-0.25, -0.2) is 9.97 Å². The SMILES string of the molecule is Cc1cnc(Nc2ccnn2C)nc1-c1cc2n(c1)C[C@@H](C)N(Cc1ccnn1C)C2=O. The van der Waals surface area contributed by atoms with Crippen LogP contribution < -0.4 is 5.32 Å². The zero-order valence-electron chi connectivity index (χ0n) is 18.5. The van der Waals surface area contributed by atoms with Crippen LogP contribution in [0, 0.1) is 6.92 Å². The minimum absolute atomic E-state index is 0.0103. The van der Waals surface area contributed by atoms with Crippen molar-refractivity contribution in [3.8, 4) is 11.3 Å². The van der Waals surface area contributed by atoms with Crippen LogP contribution in [0.1, 0.15) is 28.7 Å². The van der Waals surface area contributed by atoms with Gasteiger partial charge in [-0.05, 0) is 31.5 Å². The Morgan fingerprint density at radius 2 is 1.94 bits per heavy atom. The molecule has 1 aliphatic rings. The number of rotatable bonds is 5. The van der Waals surface area contributed by atoms with E-state index in [2.05, 4.69) is 27.4 Å². The van der Waals surface area contributed by atoms with Crippen LogP contribution >= 0.6 is 0 Å². The van der Waals surface area contributed by atoms with E-state index in [4.69, 9.17) is 4.98 Å². The maximum Gasteiger partial charge on any atom is 0.271 e. The van der Waals surface area contributed by atoms with Crippen molar-refractivity contribution in [3.05, 3.63) is 59.9 Å². The second-order valence-corrected chi connectivity index (χ2v) is 8.18. The number of nitrogens with one attached hydrogen (secondary N) is 1. The fourth-order valence-corrected chi connectivity index (χ4v) is 4.06. The topological polar surface area (TPSA) is 98.7 Å². The molecular weight excluding hydrogens is 406 g/mol. The van der Waals surface area contributed by atoms with Gasteiger partial charge >= 0.3 is 0 Å². The molecule has 0 fully saturated rings. The van der Waals surface area contributed by atoms with E-state index in [1.165, 1.54) is 0 Å². The van der Waals surface area contributed by atoms with E-state index in [9.17, 15) is 4.79 Å². The van der Waals surface area contributed by atoms with Crippen molar-refractivity contribution in [2.75, 3.05) is 5.32 Å². The van der Waals surface area contributed by atoms with Gasteiger partial charge in [0.25, 0.3) is 5.91 Å². The molecule has 1 amide bonds. The van der Waals surface area contributed by atoms with Crippen molar-refractivity contribution < 1.29 is 4.79 Å². The number of fused-ring (bicyclic) bond motifs is 1. The quantitative estimate of drug-likeness (QED) is 0.521. The van der Waals surface area contributed by atoms with Crippen molar-refractivity contribution in [3.63, 3.8) is 0 Å². The van der Waals surface area contributed by atoms with Gasteiger partial charge in [-0.3, -0.25) is 14.2 Å². The Bertz CT molecular complexity index is 1300. The van der Waals surface area contributed by atoms with Gasteiger partial charge in [0.15, 0.2) is 0 Å². The molecule has 0 saturated carbocycles. The van der Waals surface area contributed by atoms with Crippen LogP contribution in [-0.2, 0) is 27.2 Å². The van der Waals surface area contributed by atoms with E-state index in [0.29, 0.717) is 18.2 Å². The summed E-state index contributed by atoms with van der Waals surface area (Å²) in [6.45, 7) is 5.30. The molecule has 0 saturated heterocycles. The summed E-state index contributed by atoms with van der Waals surface area (Å²) in [6.07, 6.45) is 7.26. The first-order chi connectivity index (χ1) is 15.4. The van der Waals surface area contributed by atoms with Crippen LogP contribution in [-0.4, -0.2) is 50.9 Å². The van der Waals surface area contributed by atoms with E-state index in [-0.39, 0.29) is 11.9 Å². The highest BCUT2D eigenvalue weighted by molar-refractivity contribution is 5.95. The molecule has 4 aromatic rings. The first-order valence-corrected chi connectivity index (χ1v) is 10.5. The molecule has 5 rings (SSSR count). The van der Waals surface area contributed by atoms with Crippen LogP contribution in [0.15, 0.2) is 43.0 Å². The monoisotopic (exact) mass is 431 g/mol. The first kappa shape index (κ1) is 20.0. The molecule has 10 heteroatoms. The Kier molecular flexibility index (Phi) is 4.76. The second kappa shape index (κ2) is 7.63. The molecule has 32 heavy (non-hydrogen) atoms. The lowest BCUT2D eigenvalue weighted by atomic mass is 10.1. The van der Waals surface area contributed by atoms with Gasteiger partial charge in [0.2, 0.25) is 5.95 Å². The first-order valence-electron chi connectivity index (χ1n) is 10.5. The molecule has 5 heterocycles. The molecule has 10 nitrogen and oxygen atoms in total. The lowest BCUT2D eigenvalue weighted by molar-refractivity contribution is 0.0590. The fraction of sp³-hybridized carbons (Fsp3) is 0.318. The third kappa shape index (κ3) is 3.43.